The van der Waals surface area contributed by atoms with Gasteiger partial charge in [-0.3, -0.25) is 0 Å². The van der Waals surface area contributed by atoms with Crippen LogP contribution in [0.4, 0.5) is 21.9 Å². The second kappa shape index (κ2) is 5.40. The Hall–Kier alpha value is -2.89. The fourth-order valence-corrected chi connectivity index (χ4v) is 1.73. The van der Waals surface area contributed by atoms with Gasteiger partial charge in [0.15, 0.2) is 0 Å². The number of hydrogen-bond donors (Lipinski definition) is 5. The summed E-state index contributed by atoms with van der Waals surface area (Å²) in [6.45, 7) is 1.88. The first-order chi connectivity index (χ1) is 9.44. The van der Waals surface area contributed by atoms with Crippen LogP contribution in [-0.2, 0) is 0 Å². The van der Waals surface area contributed by atoms with Gasteiger partial charge < -0.3 is 26.6 Å². The Morgan fingerprint density at radius 1 is 1.05 bits per heavy atom. The van der Waals surface area contributed by atoms with Gasteiger partial charge in [0.05, 0.1) is 11.4 Å². The van der Waals surface area contributed by atoms with E-state index in [0.717, 1.165) is 5.56 Å². The molecule has 0 aliphatic rings. The standard InChI is InChI=1S/C14H15N3O3/c1-8-2-3-12(15)13(4-8)17-14(20)16-9-5-10(18)7-11(19)6-9/h2-7,18-19H,15H2,1H3,(H2,16,17,20). The number of nitrogens with two attached hydrogens (primary N) is 1. The highest BCUT2D eigenvalue weighted by Gasteiger charge is 2.07. The van der Waals surface area contributed by atoms with Crippen LogP contribution in [0.15, 0.2) is 36.4 Å². The Balaban J connectivity index is 2.11. The van der Waals surface area contributed by atoms with Crippen molar-refractivity contribution < 1.29 is 15.0 Å². The topological polar surface area (TPSA) is 108 Å². The molecule has 0 bridgehead atoms. The van der Waals surface area contributed by atoms with Crippen molar-refractivity contribution in [2.24, 2.45) is 0 Å². The van der Waals surface area contributed by atoms with E-state index < -0.39 is 6.03 Å². The van der Waals surface area contributed by atoms with Crippen LogP contribution < -0.4 is 16.4 Å². The molecule has 0 aromatic heterocycles. The number of aryl methyl sites for hydroxylation is 1. The van der Waals surface area contributed by atoms with Crippen molar-refractivity contribution in [3.63, 3.8) is 0 Å². The minimum absolute atomic E-state index is 0.143. The van der Waals surface area contributed by atoms with Crippen LogP contribution in [0.3, 0.4) is 0 Å². The maximum atomic E-state index is 11.8. The average molecular weight is 273 g/mol. The van der Waals surface area contributed by atoms with Crippen LogP contribution in [0.1, 0.15) is 5.56 Å². The van der Waals surface area contributed by atoms with E-state index in [1.807, 2.05) is 13.0 Å². The molecule has 0 fully saturated rings. The van der Waals surface area contributed by atoms with E-state index in [1.54, 1.807) is 12.1 Å². The third kappa shape index (κ3) is 3.32. The number of nitrogens with one attached hydrogen (secondary N) is 2. The van der Waals surface area contributed by atoms with Crippen molar-refractivity contribution in [2.75, 3.05) is 16.4 Å². The van der Waals surface area contributed by atoms with Crippen molar-refractivity contribution in [3.8, 4) is 11.5 Å². The molecule has 2 aromatic rings. The molecule has 0 heterocycles. The maximum Gasteiger partial charge on any atom is 0.323 e. The number of rotatable bonds is 2. The van der Waals surface area contributed by atoms with Crippen LogP contribution in [0.25, 0.3) is 0 Å². The Bertz CT molecular complexity index is 636. The Morgan fingerprint density at radius 2 is 1.70 bits per heavy atom. The van der Waals surface area contributed by atoms with Gasteiger partial charge in [-0.1, -0.05) is 6.07 Å². The van der Waals surface area contributed by atoms with Gasteiger partial charge in [0, 0.05) is 23.9 Å². The molecular weight excluding hydrogens is 258 g/mol. The molecule has 0 saturated carbocycles. The molecule has 0 saturated heterocycles. The third-order valence-corrected chi connectivity index (χ3v) is 2.62. The molecule has 2 aromatic carbocycles. The Labute approximate surface area is 115 Å². The van der Waals surface area contributed by atoms with E-state index in [-0.39, 0.29) is 17.2 Å². The fourth-order valence-electron chi connectivity index (χ4n) is 1.73. The Kier molecular flexibility index (Phi) is 3.65. The summed E-state index contributed by atoms with van der Waals surface area (Å²) in [6, 6.07) is 8.57. The minimum Gasteiger partial charge on any atom is -0.508 e. The van der Waals surface area contributed by atoms with Gasteiger partial charge in [-0.25, -0.2) is 4.79 Å². The average Bonchev–Trinajstić information content (AvgIpc) is 2.32. The summed E-state index contributed by atoms with van der Waals surface area (Å²) in [5.41, 5.74) is 7.93. The van der Waals surface area contributed by atoms with E-state index >= 15 is 0 Å². The fraction of sp³-hybridized carbons (Fsp3) is 0.0714. The molecule has 0 unspecified atom stereocenters. The molecule has 0 aliphatic carbocycles. The van der Waals surface area contributed by atoms with Gasteiger partial charge in [-0.2, -0.15) is 0 Å². The third-order valence-electron chi connectivity index (χ3n) is 2.62. The number of aromatic hydroxyl groups is 2. The smallest absolute Gasteiger partial charge is 0.323 e. The summed E-state index contributed by atoms with van der Waals surface area (Å²) in [5.74, 6) is -0.286. The highest BCUT2D eigenvalue weighted by molar-refractivity contribution is 6.01. The summed E-state index contributed by atoms with van der Waals surface area (Å²) in [5, 5.41) is 23.7. The first kappa shape index (κ1) is 13.5. The summed E-state index contributed by atoms with van der Waals surface area (Å²) in [7, 11) is 0. The van der Waals surface area contributed by atoms with Crippen molar-refractivity contribution >= 4 is 23.1 Å². The predicted molar refractivity (Wildman–Crippen MR) is 78.0 cm³/mol. The van der Waals surface area contributed by atoms with Crippen molar-refractivity contribution in [2.45, 2.75) is 6.92 Å². The van der Waals surface area contributed by atoms with Crippen LogP contribution >= 0.6 is 0 Å². The molecule has 0 aliphatic heterocycles. The molecular formula is C14H15N3O3. The van der Waals surface area contributed by atoms with Gasteiger partial charge in [-0.15, -0.1) is 0 Å². The number of phenols is 2. The number of anilines is 3. The minimum atomic E-state index is -0.521. The van der Waals surface area contributed by atoms with E-state index in [9.17, 15) is 15.0 Å². The monoisotopic (exact) mass is 273 g/mol. The number of carbonyl (C=O) groups is 1. The number of phenolic OH excluding ortho intramolecular Hbond substituents is 2. The summed E-state index contributed by atoms with van der Waals surface area (Å²) < 4.78 is 0. The van der Waals surface area contributed by atoms with Gasteiger partial charge >= 0.3 is 6.03 Å². The summed E-state index contributed by atoms with van der Waals surface area (Å²) in [4.78, 5) is 11.8. The number of benzene rings is 2. The number of amides is 2. The van der Waals surface area contributed by atoms with Gasteiger partial charge in [-0.05, 0) is 24.6 Å². The quantitative estimate of drug-likeness (QED) is 0.542. The zero-order chi connectivity index (χ0) is 14.7. The highest BCUT2D eigenvalue weighted by Crippen LogP contribution is 2.24. The van der Waals surface area contributed by atoms with Crippen LogP contribution in [0, 0.1) is 6.92 Å². The number of carbonyl (C=O) groups excluding carboxylic acids is 1. The molecule has 6 N–H and O–H groups in total. The van der Waals surface area contributed by atoms with Crippen molar-refractivity contribution in [3.05, 3.63) is 42.0 Å². The zero-order valence-electron chi connectivity index (χ0n) is 10.8. The SMILES string of the molecule is Cc1ccc(N)c(NC(=O)Nc2cc(O)cc(O)c2)c1. The number of nitrogen functional groups attached to an aromatic ring is 1. The largest absolute Gasteiger partial charge is 0.508 e. The van der Waals surface area contributed by atoms with E-state index in [0.29, 0.717) is 11.4 Å². The first-order valence-corrected chi connectivity index (χ1v) is 5.91. The van der Waals surface area contributed by atoms with Gasteiger partial charge in [0.25, 0.3) is 0 Å². The lowest BCUT2D eigenvalue weighted by atomic mass is 10.2. The molecule has 2 rings (SSSR count). The van der Waals surface area contributed by atoms with Crippen LogP contribution in [0.5, 0.6) is 11.5 Å². The summed E-state index contributed by atoms with van der Waals surface area (Å²) in [6.07, 6.45) is 0. The van der Waals surface area contributed by atoms with E-state index in [2.05, 4.69) is 10.6 Å². The number of urea groups is 1. The normalized spacial score (nSPS) is 10.1. The highest BCUT2D eigenvalue weighted by atomic mass is 16.3. The summed E-state index contributed by atoms with van der Waals surface area (Å²) >= 11 is 0. The van der Waals surface area contributed by atoms with Gasteiger partial charge in [0.2, 0.25) is 0 Å². The van der Waals surface area contributed by atoms with Gasteiger partial charge in [0.1, 0.15) is 11.5 Å². The second-order valence-corrected chi connectivity index (χ2v) is 4.41. The van der Waals surface area contributed by atoms with E-state index in [4.69, 9.17) is 5.73 Å². The molecule has 0 atom stereocenters. The second-order valence-electron chi connectivity index (χ2n) is 4.41. The van der Waals surface area contributed by atoms with Crippen LogP contribution in [-0.4, -0.2) is 16.2 Å². The lowest BCUT2D eigenvalue weighted by molar-refractivity contribution is 0.262. The molecule has 2 amide bonds. The van der Waals surface area contributed by atoms with E-state index in [1.165, 1.54) is 18.2 Å². The molecule has 0 radical (unpaired) electrons. The van der Waals surface area contributed by atoms with Crippen molar-refractivity contribution in [1.29, 1.82) is 0 Å². The lowest BCUT2D eigenvalue weighted by Crippen LogP contribution is -2.20. The molecule has 6 nitrogen and oxygen atoms in total. The maximum absolute atomic E-state index is 11.8. The van der Waals surface area contributed by atoms with Crippen LogP contribution in [0.2, 0.25) is 0 Å². The predicted octanol–water partition coefficient (Wildman–Crippen LogP) is 2.63. The lowest BCUT2D eigenvalue weighted by Gasteiger charge is -2.11. The molecule has 6 heteroatoms. The Morgan fingerprint density at radius 3 is 2.35 bits per heavy atom. The number of hydrogen-bond acceptors (Lipinski definition) is 4. The molecule has 0 spiro atoms. The zero-order valence-corrected chi connectivity index (χ0v) is 10.8. The van der Waals surface area contributed by atoms with Crippen molar-refractivity contribution in [1.82, 2.24) is 0 Å². The first-order valence-electron chi connectivity index (χ1n) is 5.91. The molecule has 20 heavy (non-hydrogen) atoms. The molecule has 104 valence electrons.